The minimum Gasteiger partial charge on any atom is -0.488 e. The summed E-state index contributed by atoms with van der Waals surface area (Å²) >= 11 is 3.31. The number of carbonyl (C=O) groups is 1. The maximum atomic E-state index is 13.6. The van der Waals surface area contributed by atoms with Crippen molar-refractivity contribution < 1.29 is 13.9 Å². The van der Waals surface area contributed by atoms with Gasteiger partial charge in [0.1, 0.15) is 29.8 Å². The van der Waals surface area contributed by atoms with E-state index in [2.05, 4.69) is 15.9 Å². The number of nitriles is 1. The largest absolute Gasteiger partial charge is 0.488 e. The number of carbonyl (C=O) groups excluding carboxylic acids is 1. The van der Waals surface area contributed by atoms with Crippen molar-refractivity contribution in [2.24, 2.45) is 5.73 Å². The van der Waals surface area contributed by atoms with Crippen LogP contribution >= 0.6 is 15.9 Å². The van der Waals surface area contributed by atoms with Crippen LogP contribution in [0.1, 0.15) is 11.1 Å². The lowest BCUT2D eigenvalue weighted by Gasteiger charge is -2.10. The Labute approximate surface area is 141 Å². The first-order valence-corrected chi connectivity index (χ1v) is 7.38. The Bertz CT molecular complexity index is 812. The summed E-state index contributed by atoms with van der Waals surface area (Å²) in [6.45, 7) is 0.0214. The van der Waals surface area contributed by atoms with E-state index in [1.807, 2.05) is 0 Å². The molecule has 6 heteroatoms. The highest BCUT2D eigenvalue weighted by atomic mass is 79.9. The van der Waals surface area contributed by atoms with Gasteiger partial charge in [-0.3, -0.25) is 4.79 Å². The van der Waals surface area contributed by atoms with E-state index < -0.39 is 5.91 Å². The molecule has 1 amide bonds. The molecule has 0 saturated carbocycles. The summed E-state index contributed by atoms with van der Waals surface area (Å²) < 4.78 is 20.0. The lowest BCUT2D eigenvalue weighted by molar-refractivity contribution is -0.114. The summed E-state index contributed by atoms with van der Waals surface area (Å²) in [7, 11) is 0. The first-order chi connectivity index (χ1) is 11.0. The number of nitrogens with two attached hydrogens (primary N) is 1. The van der Waals surface area contributed by atoms with Crippen LogP contribution in [0.2, 0.25) is 0 Å². The molecule has 0 radical (unpaired) electrons. The summed E-state index contributed by atoms with van der Waals surface area (Å²) in [5.74, 6) is -0.783. The monoisotopic (exact) mass is 374 g/mol. The lowest BCUT2D eigenvalue weighted by Crippen LogP contribution is -2.12. The standard InChI is InChI=1S/C17H12BrFN2O2/c18-14-5-6-16(12(8-14)7-13(9-20)17(21)22)23-10-11-3-1-2-4-15(11)19/h1-8H,10H2,(H2,21,22)/b13-7+. The Morgan fingerprint density at radius 3 is 2.74 bits per heavy atom. The molecule has 0 atom stereocenters. The summed E-state index contributed by atoms with van der Waals surface area (Å²) in [6, 6.07) is 13.1. The summed E-state index contributed by atoms with van der Waals surface area (Å²) in [6.07, 6.45) is 1.34. The van der Waals surface area contributed by atoms with Gasteiger partial charge in [0, 0.05) is 15.6 Å². The zero-order valence-corrected chi connectivity index (χ0v) is 13.5. The van der Waals surface area contributed by atoms with E-state index in [0.717, 1.165) is 4.47 Å². The van der Waals surface area contributed by atoms with Gasteiger partial charge in [0.05, 0.1) is 0 Å². The minimum absolute atomic E-state index is 0.0214. The first kappa shape index (κ1) is 16.7. The number of hydrogen-bond donors (Lipinski definition) is 1. The fourth-order valence-corrected chi connectivity index (χ4v) is 2.23. The fraction of sp³-hybridized carbons (Fsp3) is 0.0588. The molecule has 2 aromatic rings. The van der Waals surface area contributed by atoms with E-state index in [4.69, 9.17) is 15.7 Å². The molecule has 0 heterocycles. The second kappa shape index (κ2) is 7.56. The second-order valence-corrected chi connectivity index (χ2v) is 5.51. The number of benzene rings is 2. The highest BCUT2D eigenvalue weighted by molar-refractivity contribution is 9.10. The van der Waals surface area contributed by atoms with Gasteiger partial charge < -0.3 is 10.5 Å². The van der Waals surface area contributed by atoms with Crippen LogP contribution in [0.15, 0.2) is 52.5 Å². The number of primary amides is 1. The van der Waals surface area contributed by atoms with Crippen molar-refractivity contribution in [2.75, 3.05) is 0 Å². The topological polar surface area (TPSA) is 76.1 Å². The molecule has 2 N–H and O–H groups in total. The number of amides is 1. The van der Waals surface area contributed by atoms with E-state index >= 15 is 0 Å². The molecule has 0 aliphatic rings. The normalized spacial score (nSPS) is 10.9. The molecule has 0 bridgehead atoms. The summed E-state index contributed by atoms with van der Waals surface area (Å²) in [5.41, 5.74) is 5.84. The third kappa shape index (κ3) is 4.41. The smallest absolute Gasteiger partial charge is 0.259 e. The second-order valence-electron chi connectivity index (χ2n) is 4.60. The third-order valence-electron chi connectivity index (χ3n) is 3.00. The lowest BCUT2D eigenvalue weighted by atomic mass is 10.1. The zero-order valence-electron chi connectivity index (χ0n) is 11.9. The van der Waals surface area contributed by atoms with E-state index in [1.54, 1.807) is 42.5 Å². The van der Waals surface area contributed by atoms with Crippen molar-refractivity contribution in [1.82, 2.24) is 0 Å². The van der Waals surface area contributed by atoms with E-state index in [9.17, 15) is 9.18 Å². The van der Waals surface area contributed by atoms with Crippen LogP contribution in [0.5, 0.6) is 5.75 Å². The van der Waals surface area contributed by atoms with E-state index in [1.165, 1.54) is 12.1 Å². The maximum absolute atomic E-state index is 13.6. The van der Waals surface area contributed by atoms with Crippen LogP contribution in [0.3, 0.4) is 0 Å². The molecule has 0 aromatic heterocycles. The van der Waals surface area contributed by atoms with Crippen molar-refractivity contribution in [3.63, 3.8) is 0 Å². The molecule has 23 heavy (non-hydrogen) atoms. The summed E-state index contributed by atoms with van der Waals surface area (Å²) in [4.78, 5) is 11.2. The molecule has 2 aromatic carbocycles. The van der Waals surface area contributed by atoms with Crippen molar-refractivity contribution in [2.45, 2.75) is 6.61 Å². The van der Waals surface area contributed by atoms with Gasteiger partial charge in [0.25, 0.3) is 5.91 Å². The minimum atomic E-state index is -0.826. The van der Waals surface area contributed by atoms with Crippen molar-refractivity contribution >= 4 is 27.9 Å². The van der Waals surface area contributed by atoms with Gasteiger partial charge in [0.2, 0.25) is 0 Å². The zero-order chi connectivity index (χ0) is 16.8. The van der Waals surface area contributed by atoms with Crippen molar-refractivity contribution in [3.05, 3.63) is 69.5 Å². The van der Waals surface area contributed by atoms with Crippen LogP contribution < -0.4 is 10.5 Å². The van der Waals surface area contributed by atoms with Crippen molar-refractivity contribution in [1.29, 1.82) is 5.26 Å². The Hall–Kier alpha value is -2.65. The Morgan fingerprint density at radius 1 is 1.35 bits per heavy atom. The molecule has 0 aliphatic heterocycles. The molecular weight excluding hydrogens is 363 g/mol. The Balaban J connectivity index is 2.31. The fourth-order valence-electron chi connectivity index (χ4n) is 1.85. The predicted molar refractivity (Wildman–Crippen MR) is 87.7 cm³/mol. The van der Waals surface area contributed by atoms with Crippen LogP contribution in [-0.4, -0.2) is 5.91 Å². The number of rotatable bonds is 5. The number of halogens is 2. The molecular formula is C17H12BrFN2O2. The summed E-state index contributed by atoms with van der Waals surface area (Å²) in [5, 5.41) is 8.94. The van der Waals surface area contributed by atoms with Crippen LogP contribution in [0.25, 0.3) is 6.08 Å². The average Bonchev–Trinajstić information content (AvgIpc) is 2.52. The van der Waals surface area contributed by atoms with Gasteiger partial charge in [-0.05, 0) is 30.3 Å². The van der Waals surface area contributed by atoms with Gasteiger partial charge in [-0.2, -0.15) is 5.26 Å². The number of nitrogens with zero attached hydrogens (tertiary/aromatic N) is 1. The average molecular weight is 375 g/mol. The van der Waals surface area contributed by atoms with E-state index in [0.29, 0.717) is 16.9 Å². The first-order valence-electron chi connectivity index (χ1n) is 6.58. The molecule has 116 valence electrons. The molecule has 0 unspecified atom stereocenters. The van der Waals surface area contributed by atoms with Gasteiger partial charge in [-0.25, -0.2) is 4.39 Å². The quantitative estimate of drug-likeness (QED) is 0.641. The highest BCUT2D eigenvalue weighted by Crippen LogP contribution is 2.26. The van der Waals surface area contributed by atoms with Gasteiger partial charge in [0.15, 0.2) is 0 Å². The molecule has 2 rings (SSSR count). The van der Waals surface area contributed by atoms with Crippen LogP contribution in [-0.2, 0) is 11.4 Å². The predicted octanol–water partition coefficient (Wildman–Crippen LogP) is 3.56. The van der Waals surface area contributed by atoms with Crippen LogP contribution in [0, 0.1) is 17.1 Å². The van der Waals surface area contributed by atoms with Gasteiger partial charge in [-0.1, -0.05) is 34.1 Å². The number of ether oxygens (including phenoxy) is 1. The Morgan fingerprint density at radius 2 is 2.09 bits per heavy atom. The van der Waals surface area contributed by atoms with E-state index in [-0.39, 0.29) is 18.0 Å². The van der Waals surface area contributed by atoms with Crippen molar-refractivity contribution in [3.8, 4) is 11.8 Å². The SMILES string of the molecule is N#C/C(=C\c1cc(Br)ccc1OCc1ccccc1F)C(N)=O. The number of hydrogen-bond acceptors (Lipinski definition) is 3. The molecule has 0 aliphatic carbocycles. The molecule has 0 fully saturated rings. The van der Waals surface area contributed by atoms with Gasteiger partial charge in [-0.15, -0.1) is 0 Å². The maximum Gasteiger partial charge on any atom is 0.259 e. The Kier molecular flexibility index (Phi) is 5.50. The van der Waals surface area contributed by atoms with Gasteiger partial charge >= 0.3 is 0 Å². The highest BCUT2D eigenvalue weighted by Gasteiger charge is 2.09. The van der Waals surface area contributed by atoms with Crippen LogP contribution in [0.4, 0.5) is 4.39 Å². The molecule has 0 spiro atoms. The molecule has 4 nitrogen and oxygen atoms in total. The third-order valence-corrected chi connectivity index (χ3v) is 3.49. The molecule has 0 saturated heterocycles.